The summed E-state index contributed by atoms with van der Waals surface area (Å²) in [6.07, 6.45) is 7.41. The van der Waals surface area contributed by atoms with E-state index in [1.54, 1.807) is 0 Å². The van der Waals surface area contributed by atoms with Crippen molar-refractivity contribution in [3.63, 3.8) is 0 Å². The highest BCUT2D eigenvalue weighted by molar-refractivity contribution is 5.08. The molecule has 2 nitrogen and oxygen atoms in total. The van der Waals surface area contributed by atoms with Crippen molar-refractivity contribution in [3.8, 4) is 0 Å². The van der Waals surface area contributed by atoms with E-state index < -0.39 is 0 Å². The van der Waals surface area contributed by atoms with Crippen molar-refractivity contribution in [1.82, 2.24) is 9.55 Å². The van der Waals surface area contributed by atoms with Crippen LogP contribution in [0.1, 0.15) is 50.5 Å². The van der Waals surface area contributed by atoms with Gasteiger partial charge >= 0.3 is 0 Å². The van der Waals surface area contributed by atoms with Crippen molar-refractivity contribution in [1.29, 1.82) is 0 Å². The number of imidazole rings is 1. The second-order valence-corrected chi connectivity index (χ2v) is 4.24. The number of hydrogen-bond acceptors (Lipinski definition) is 1. The molecule has 0 atom stereocenters. The minimum Gasteiger partial charge on any atom is -0.335 e. The molecule has 0 radical (unpaired) electrons. The molecule has 72 valence electrons. The molecule has 0 saturated heterocycles. The number of hydrogen-bond donors (Lipinski definition) is 0. The van der Waals surface area contributed by atoms with E-state index >= 15 is 0 Å². The normalized spacial score (nSPS) is 17.2. The lowest BCUT2D eigenvalue weighted by atomic mass is 10.1. The number of fused-ring (bicyclic) bond motifs is 1. The van der Waals surface area contributed by atoms with Gasteiger partial charge in [0.2, 0.25) is 0 Å². The Morgan fingerprint density at radius 1 is 1.31 bits per heavy atom. The number of aromatic nitrogens is 2. The topological polar surface area (TPSA) is 17.8 Å². The Morgan fingerprint density at radius 3 is 2.92 bits per heavy atom. The van der Waals surface area contributed by atoms with Crippen LogP contribution in [0.25, 0.3) is 0 Å². The molecule has 13 heavy (non-hydrogen) atoms. The van der Waals surface area contributed by atoms with Crippen LogP contribution in [-0.2, 0) is 13.0 Å². The van der Waals surface area contributed by atoms with E-state index in [0.717, 1.165) is 0 Å². The molecule has 2 rings (SSSR count). The summed E-state index contributed by atoms with van der Waals surface area (Å²) in [5.74, 6) is 1.88. The third kappa shape index (κ3) is 1.77. The molecule has 0 fully saturated rings. The Morgan fingerprint density at radius 2 is 2.15 bits per heavy atom. The molecule has 1 aromatic rings. The van der Waals surface area contributed by atoms with E-state index in [1.165, 1.54) is 43.7 Å². The first kappa shape index (κ1) is 8.79. The second kappa shape index (κ2) is 3.52. The van der Waals surface area contributed by atoms with Crippen molar-refractivity contribution >= 4 is 0 Å². The molecule has 0 unspecified atom stereocenters. The largest absolute Gasteiger partial charge is 0.335 e. The summed E-state index contributed by atoms with van der Waals surface area (Å²) in [5.41, 5.74) is 1.26. The third-order valence-corrected chi connectivity index (χ3v) is 2.77. The van der Waals surface area contributed by atoms with Crippen molar-refractivity contribution in [2.45, 2.75) is 52.0 Å². The van der Waals surface area contributed by atoms with Gasteiger partial charge in [0, 0.05) is 19.2 Å². The lowest BCUT2D eigenvalue weighted by molar-refractivity contribution is 0.633. The number of rotatable bonds is 1. The van der Waals surface area contributed by atoms with Gasteiger partial charge in [-0.1, -0.05) is 20.3 Å². The summed E-state index contributed by atoms with van der Waals surface area (Å²) in [7, 11) is 0. The van der Waals surface area contributed by atoms with Crippen LogP contribution in [0.4, 0.5) is 0 Å². The molecular weight excluding hydrogens is 160 g/mol. The zero-order valence-corrected chi connectivity index (χ0v) is 8.58. The molecule has 0 aliphatic carbocycles. The van der Waals surface area contributed by atoms with Crippen molar-refractivity contribution < 1.29 is 0 Å². The van der Waals surface area contributed by atoms with Gasteiger partial charge in [-0.05, 0) is 18.8 Å². The van der Waals surface area contributed by atoms with Gasteiger partial charge in [0.1, 0.15) is 5.82 Å². The summed E-state index contributed by atoms with van der Waals surface area (Å²) >= 11 is 0. The van der Waals surface area contributed by atoms with Gasteiger partial charge in [0.05, 0.1) is 5.69 Å². The molecule has 0 saturated carbocycles. The highest BCUT2D eigenvalue weighted by Crippen LogP contribution is 2.18. The van der Waals surface area contributed by atoms with Crippen LogP contribution in [-0.4, -0.2) is 9.55 Å². The predicted octanol–water partition coefficient (Wildman–Crippen LogP) is 2.73. The smallest absolute Gasteiger partial charge is 0.108 e. The highest BCUT2D eigenvalue weighted by atomic mass is 15.1. The van der Waals surface area contributed by atoms with Gasteiger partial charge in [-0.25, -0.2) is 4.98 Å². The van der Waals surface area contributed by atoms with Crippen molar-refractivity contribution in [3.05, 3.63) is 17.7 Å². The second-order valence-electron chi connectivity index (χ2n) is 4.24. The quantitative estimate of drug-likeness (QED) is 0.646. The maximum atomic E-state index is 4.67. The average Bonchev–Trinajstić information content (AvgIpc) is 2.38. The SMILES string of the molecule is CC(C)c1cn2c(n1)CCCCC2. The standard InChI is InChI=1S/C11H18N2/c1-9(2)10-8-13-7-5-3-4-6-11(13)12-10/h8-9H,3-7H2,1-2H3. The molecule has 2 heteroatoms. The van der Waals surface area contributed by atoms with Crippen molar-refractivity contribution in [2.75, 3.05) is 0 Å². The molecule has 0 aromatic carbocycles. The van der Waals surface area contributed by atoms with Gasteiger partial charge in [-0.3, -0.25) is 0 Å². The Bertz CT molecular complexity index is 263. The molecule has 2 heterocycles. The first-order valence-electron chi connectivity index (χ1n) is 5.33. The van der Waals surface area contributed by atoms with Crippen LogP contribution in [0.2, 0.25) is 0 Å². The predicted molar refractivity (Wildman–Crippen MR) is 53.9 cm³/mol. The minimum absolute atomic E-state index is 0.569. The van der Waals surface area contributed by atoms with E-state index in [-0.39, 0.29) is 0 Å². The third-order valence-electron chi connectivity index (χ3n) is 2.77. The van der Waals surface area contributed by atoms with E-state index in [0.29, 0.717) is 5.92 Å². The van der Waals surface area contributed by atoms with Crippen LogP contribution in [0.15, 0.2) is 6.20 Å². The van der Waals surface area contributed by atoms with Crippen LogP contribution in [0.5, 0.6) is 0 Å². The molecule has 1 aromatic heterocycles. The van der Waals surface area contributed by atoms with Gasteiger partial charge in [0.15, 0.2) is 0 Å². The summed E-state index contributed by atoms with van der Waals surface area (Å²) in [6.45, 7) is 5.60. The van der Waals surface area contributed by atoms with Crippen LogP contribution in [0.3, 0.4) is 0 Å². The number of aryl methyl sites for hydroxylation is 2. The molecule has 1 aliphatic heterocycles. The zero-order valence-electron chi connectivity index (χ0n) is 8.58. The van der Waals surface area contributed by atoms with E-state index in [2.05, 4.69) is 29.6 Å². The van der Waals surface area contributed by atoms with Gasteiger partial charge < -0.3 is 4.57 Å². The average molecular weight is 178 g/mol. The molecule has 0 bridgehead atoms. The Kier molecular flexibility index (Phi) is 2.38. The zero-order chi connectivity index (χ0) is 9.26. The first-order valence-corrected chi connectivity index (χ1v) is 5.33. The van der Waals surface area contributed by atoms with Crippen LogP contribution >= 0.6 is 0 Å². The molecule has 0 N–H and O–H groups in total. The minimum atomic E-state index is 0.569. The van der Waals surface area contributed by atoms with E-state index in [4.69, 9.17) is 0 Å². The lowest BCUT2D eigenvalue weighted by Crippen LogP contribution is -1.98. The van der Waals surface area contributed by atoms with Gasteiger partial charge in [-0.2, -0.15) is 0 Å². The van der Waals surface area contributed by atoms with E-state index in [1.807, 2.05) is 0 Å². The fraction of sp³-hybridized carbons (Fsp3) is 0.727. The van der Waals surface area contributed by atoms with Crippen LogP contribution < -0.4 is 0 Å². The summed E-state index contributed by atoms with van der Waals surface area (Å²) in [5, 5.41) is 0. The summed E-state index contributed by atoms with van der Waals surface area (Å²) in [4.78, 5) is 4.67. The molecule has 1 aliphatic rings. The molecule has 0 spiro atoms. The lowest BCUT2D eigenvalue weighted by Gasteiger charge is -1.99. The summed E-state index contributed by atoms with van der Waals surface area (Å²) in [6, 6.07) is 0. The molecule has 0 amide bonds. The monoisotopic (exact) mass is 178 g/mol. The highest BCUT2D eigenvalue weighted by Gasteiger charge is 2.12. The van der Waals surface area contributed by atoms with Gasteiger partial charge in [-0.15, -0.1) is 0 Å². The maximum absolute atomic E-state index is 4.67. The summed E-state index contributed by atoms with van der Waals surface area (Å²) < 4.78 is 2.35. The Hall–Kier alpha value is -0.790. The Balaban J connectivity index is 2.27. The number of nitrogens with zero attached hydrogens (tertiary/aromatic N) is 2. The maximum Gasteiger partial charge on any atom is 0.108 e. The van der Waals surface area contributed by atoms with Gasteiger partial charge in [0.25, 0.3) is 0 Å². The van der Waals surface area contributed by atoms with Crippen LogP contribution in [0, 0.1) is 0 Å². The fourth-order valence-electron chi connectivity index (χ4n) is 1.89. The van der Waals surface area contributed by atoms with E-state index in [9.17, 15) is 0 Å². The first-order chi connectivity index (χ1) is 6.27. The van der Waals surface area contributed by atoms with Crippen molar-refractivity contribution in [2.24, 2.45) is 0 Å². The Labute approximate surface area is 80.0 Å². The fourth-order valence-corrected chi connectivity index (χ4v) is 1.89. The molecular formula is C11H18N2.